The molecule has 0 spiro atoms. The van der Waals surface area contributed by atoms with E-state index in [4.69, 9.17) is 15.0 Å². The van der Waals surface area contributed by atoms with Crippen LogP contribution in [0, 0.1) is 0 Å². The minimum absolute atomic E-state index is 0.146. The van der Waals surface area contributed by atoms with Gasteiger partial charge < -0.3 is 15.0 Å². The van der Waals surface area contributed by atoms with Crippen molar-refractivity contribution in [3.8, 4) is 0 Å². The molecule has 8 heteroatoms. The minimum atomic E-state index is -3.70. The van der Waals surface area contributed by atoms with Gasteiger partial charge in [0.1, 0.15) is 0 Å². The molecule has 0 saturated carbocycles. The lowest BCUT2D eigenvalue weighted by atomic mass is 9.79. The van der Waals surface area contributed by atoms with Crippen molar-refractivity contribution in [3.05, 3.63) is 48.5 Å². The van der Waals surface area contributed by atoms with Gasteiger partial charge in [0.05, 0.1) is 16.1 Å². The van der Waals surface area contributed by atoms with Crippen LogP contribution in [0.1, 0.15) is 27.7 Å². The molecule has 1 aliphatic rings. The van der Waals surface area contributed by atoms with Crippen LogP contribution in [0.5, 0.6) is 0 Å². The maximum Gasteiger partial charge on any atom is 0.494 e. The van der Waals surface area contributed by atoms with Crippen LogP contribution in [0.25, 0.3) is 0 Å². The third kappa shape index (κ3) is 3.58. The summed E-state index contributed by atoms with van der Waals surface area (Å²) < 4.78 is 39.7. The van der Waals surface area contributed by atoms with Crippen LogP contribution < -0.4 is 15.9 Å². The lowest BCUT2D eigenvalue weighted by Crippen LogP contribution is -2.41. The zero-order valence-electron chi connectivity index (χ0n) is 15.3. The van der Waals surface area contributed by atoms with Crippen LogP contribution in [-0.4, -0.2) is 26.7 Å². The van der Waals surface area contributed by atoms with Crippen LogP contribution in [0.2, 0.25) is 0 Å². The predicted molar refractivity (Wildman–Crippen MR) is 104 cm³/mol. The summed E-state index contributed by atoms with van der Waals surface area (Å²) >= 11 is 0. The minimum Gasteiger partial charge on any atom is -0.399 e. The average molecular weight is 374 g/mol. The number of nitrogens with one attached hydrogen (secondary N) is 1. The van der Waals surface area contributed by atoms with Crippen LogP contribution in [0.3, 0.4) is 0 Å². The zero-order chi connectivity index (χ0) is 19.2. The van der Waals surface area contributed by atoms with Crippen LogP contribution in [-0.2, 0) is 19.3 Å². The van der Waals surface area contributed by atoms with E-state index in [0.29, 0.717) is 11.4 Å². The molecule has 0 amide bonds. The van der Waals surface area contributed by atoms with Crippen molar-refractivity contribution in [2.45, 2.75) is 43.8 Å². The maximum atomic E-state index is 12.5. The Bertz CT molecular complexity index is 895. The molecule has 2 aromatic rings. The van der Waals surface area contributed by atoms with Gasteiger partial charge in [-0.25, -0.2) is 8.42 Å². The van der Waals surface area contributed by atoms with Gasteiger partial charge in [-0.05, 0) is 69.6 Å². The summed E-state index contributed by atoms with van der Waals surface area (Å²) in [5.41, 5.74) is 6.39. The van der Waals surface area contributed by atoms with Crippen molar-refractivity contribution >= 4 is 34.0 Å². The van der Waals surface area contributed by atoms with Gasteiger partial charge in [0, 0.05) is 11.4 Å². The molecule has 1 heterocycles. The number of hydrogen-bond acceptors (Lipinski definition) is 5. The Morgan fingerprint density at radius 1 is 0.962 bits per heavy atom. The Morgan fingerprint density at radius 3 is 2.12 bits per heavy atom. The number of benzene rings is 2. The normalized spacial score (nSPS) is 18.7. The number of nitrogen functional groups attached to an aromatic ring is 1. The lowest BCUT2D eigenvalue weighted by molar-refractivity contribution is 0.00578. The molecule has 0 atom stereocenters. The standard InChI is InChI=1S/C18H23BN2O4S/c1-17(2)18(3,4)25-19(24-17)13-6-5-7-15(12-13)21-26(22,23)16-10-8-14(20)9-11-16/h5-12,21H,20H2,1-4H3. The molecule has 0 aromatic heterocycles. The molecule has 1 saturated heterocycles. The Morgan fingerprint density at radius 2 is 1.54 bits per heavy atom. The fraction of sp³-hybridized carbons (Fsp3) is 0.333. The summed E-state index contributed by atoms with van der Waals surface area (Å²) in [6.07, 6.45) is 0. The number of sulfonamides is 1. The van der Waals surface area contributed by atoms with Crippen LogP contribution in [0.4, 0.5) is 11.4 Å². The third-order valence-corrected chi connectivity index (χ3v) is 6.25. The van der Waals surface area contributed by atoms with Gasteiger partial charge in [0.25, 0.3) is 10.0 Å². The molecule has 26 heavy (non-hydrogen) atoms. The summed E-state index contributed by atoms with van der Waals surface area (Å²) in [7, 11) is -4.26. The first-order chi connectivity index (χ1) is 12.0. The van der Waals surface area contributed by atoms with E-state index >= 15 is 0 Å². The van der Waals surface area contributed by atoms with E-state index in [1.807, 2.05) is 33.8 Å². The quantitative estimate of drug-likeness (QED) is 0.633. The molecule has 3 N–H and O–H groups in total. The van der Waals surface area contributed by atoms with E-state index in [-0.39, 0.29) is 4.90 Å². The predicted octanol–water partition coefficient (Wildman–Crippen LogP) is 2.37. The molecule has 3 rings (SSSR count). The number of nitrogens with two attached hydrogens (primary N) is 1. The summed E-state index contributed by atoms with van der Waals surface area (Å²) in [6.45, 7) is 7.89. The van der Waals surface area contributed by atoms with Crippen molar-refractivity contribution in [1.82, 2.24) is 0 Å². The molecule has 0 bridgehead atoms. The summed E-state index contributed by atoms with van der Waals surface area (Å²) in [4.78, 5) is 0.146. The average Bonchev–Trinajstić information content (AvgIpc) is 2.76. The van der Waals surface area contributed by atoms with Gasteiger partial charge in [-0.3, -0.25) is 4.72 Å². The molecule has 2 aromatic carbocycles. The highest BCUT2D eigenvalue weighted by Crippen LogP contribution is 2.36. The van der Waals surface area contributed by atoms with E-state index in [2.05, 4.69) is 4.72 Å². The Hall–Kier alpha value is -2.03. The van der Waals surface area contributed by atoms with Crippen molar-refractivity contribution in [1.29, 1.82) is 0 Å². The first-order valence-electron chi connectivity index (χ1n) is 8.34. The molecule has 0 radical (unpaired) electrons. The van der Waals surface area contributed by atoms with E-state index < -0.39 is 28.3 Å². The molecule has 138 valence electrons. The number of hydrogen-bond donors (Lipinski definition) is 2. The molecule has 0 unspecified atom stereocenters. The second kappa shape index (κ2) is 6.30. The van der Waals surface area contributed by atoms with E-state index in [0.717, 1.165) is 5.46 Å². The molecule has 1 fully saturated rings. The zero-order valence-corrected chi connectivity index (χ0v) is 16.1. The summed E-state index contributed by atoms with van der Waals surface area (Å²) in [6, 6.07) is 13.1. The second-order valence-corrected chi connectivity index (χ2v) is 9.07. The molecule has 6 nitrogen and oxygen atoms in total. The summed E-state index contributed by atoms with van der Waals surface area (Å²) in [5, 5.41) is 0. The third-order valence-electron chi connectivity index (χ3n) is 4.85. The number of rotatable bonds is 4. The smallest absolute Gasteiger partial charge is 0.399 e. The highest BCUT2D eigenvalue weighted by atomic mass is 32.2. The van der Waals surface area contributed by atoms with E-state index in [1.165, 1.54) is 12.1 Å². The van der Waals surface area contributed by atoms with Crippen molar-refractivity contribution in [2.24, 2.45) is 0 Å². The van der Waals surface area contributed by atoms with Gasteiger partial charge in [0.15, 0.2) is 0 Å². The topological polar surface area (TPSA) is 90.7 Å². The summed E-state index contributed by atoms with van der Waals surface area (Å²) in [5.74, 6) is 0. The Balaban J connectivity index is 1.83. The molecule has 0 aliphatic carbocycles. The van der Waals surface area contributed by atoms with Gasteiger partial charge in [-0.15, -0.1) is 0 Å². The lowest BCUT2D eigenvalue weighted by Gasteiger charge is -2.32. The highest BCUT2D eigenvalue weighted by molar-refractivity contribution is 7.92. The molecular weight excluding hydrogens is 351 g/mol. The highest BCUT2D eigenvalue weighted by Gasteiger charge is 2.51. The largest absolute Gasteiger partial charge is 0.494 e. The number of anilines is 2. The fourth-order valence-corrected chi connectivity index (χ4v) is 3.64. The van der Waals surface area contributed by atoms with Gasteiger partial charge in [0.2, 0.25) is 0 Å². The van der Waals surface area contributed by atoms with Crippen molar-refractivity contribution in [2.75, 3.05) is 10.5 Å². The molecule has 1 aliphatic heterocycles. The second-order valence-electron chi connectivity index (χ2n) is 7.39. The fourth-order valence-electron chi connectivity index (χ4n) is 2.59. The van der Waals surface area contributed by atoms with Gasteiger partial charge >= 0.3 is 7.12 Å². The first-order valence-corrected chi connectivity index (χ1v) is 9.82. The van der Waals surface area contributed by atoms with Crippen molar-refractivity contribution in [3.63, 3.8) is 0 Å². The molecular formula is C18H23BN2O4S. The van der Waals surface area contributed by atoms with Crippen LogP contribution in [0.15, 0.2) is 53.4 Å². The van der Waals surface area contributed by atoms with Crippen LogP contribution >= 0.6 is 0 Å². The van der Waals surface area contributed by atoms with E-state index in [1.54, 1.807) is 30.3 Å². The Kier molecular flexibility index (Phi) is 4.54. The first kappa shape index (κ1) is 18.8. The van der Waals surface area contributed by atoms with Crippen molar-refractivity contribution < 1.29 is 17.7 Å². The Labute approximate surface area is 154 Å². The monoisotopic (exact) mass is 374 g/mol. The SMILES string of the molecule is CC1(C)OB(c2cccc(NS(=O)(=O)c3ccc(N)cc3)c2)OC1(C)C. The maximum absolute atomic E-state index is 12.5. The van der Waals surface area contributed by atoms with Gasteiger partial charge in [-0.1, -0.05) is 12.1 Å². The van der Waals surface area contributed by atoms with E-state index in [9.17, 15) is 8.42 Å². The van der Waals surface area contributed by atoms with Gasteiger partial charge in [-0.2, -0.15) is 0 Å².